The first-order valence-corrected chi connectivity index (χ1v) is 6.34. The van der Waals surface area contributed by atoms with E-state index in [0.717, 1.165) is 0 Å². The number of benzene rings is 1. The fraction of sp³-hybridized carbons (Fsp3) is 0.143. The average Bonchev–Trinajstić information content (AvgIpc) is 3.00. The van der Waals surface area contributed by atoms with Crippen LogP contribution in [0.4, 0.5) is 0 Å². The summed E-state index contributed by atoms with van der Waals surface area (Å²) in [4.78, 5) is 37.7. The molecule has 0 aliphatic carbocycles. The van der Waals surface area contributed by atoms with Crippen LogP contribution in [-0.2, 0) is 11.2 Å². The van der Waals surface area contributed by atoms with E-state index in [0.29, 0.717) is 5.69 Å². The lowest BCUT2D eigenvalue weighted by Gasteiger charge is -2.01. The summed E-state index contributed by atoms with van der Waals surface area (Å²) in [7, 11) is 0. The molecule has 9 nitrogen and oxygen atoms in total. The predicted octanol–water partition coefficient (Wildman–Crippen LogP) is 0.447. The minimum Gasteiger partial charge on any atom is -0.480 e. The molecule has 1 atom stereocenters. The van der Waals surface area contributed by atoms with Crippen LogP contribution < -0.4 is 5.73 Å². The van der Waals surface area contributed by atoms with E-state index in [1.165, 1.54) is 30.6 Å². The fourth-order valence-corrected chi connectivity index (χ4v) is 1.57. The van der Waals surface area contributed by atoms with Crippen molar-refractivity contribution in [3.05, 3.63) is 53.6 Å². The van der Waals surface area contributed by atoms with E-state index < -0.39 is 23.9 Å². The van der Waals surface area contributed by atoms with E-state index in [-0.39, 0.29) is 17.5 Å². The van der Waals surface area contributed by atoms with Crippen molar-refractivity contribution in [2.45, 2.75) is 12.5 Å². The first kappa shape index (κ1) is 17.9. The Kier molecular flexibility index (Phi) is 6.44. The normalized spacial score (nSPS) is 11.0. The number of carboxylic acid groups (broad SMARTS) is 3. The molecule has 122 valence electrons. The molecule has 23 heavy (non-hydrogen) atoms. The third-order valence-corrected chi connectivity index (χ3v) is 2.69. The molecule has 0 saturated carbocycles. The van der Waals surface area contributed by atoms with E-state index in [4.69, 9.17) is 21.1 Å². The fourth-order valence-electron chi connectivity index (χ4n) is 1.57. The number of hydrogen-bond donors (Lipinski definition) is 5. The van der Waals surface area contributed by atoms with Gasteiger partial charge in [0.25, 0.3) is 0 Å². The van der Waals surface area contributed by atoms with Crippen LogP contribution in [-0.4, -0.2) is 49.2 Å². The summed E-state index contributed by atoms with van der Waals surface area (Å²) in [5, 5.41) is 25.5. The van der Waals surface area contributed by atoms with E-state index in [1.807, 2.05) is 0 Å². The number of H-pyrrole nitrogens is 1. The second-order valence-electron chi connectivity index (χ2n) is 4.37. The Morgan fingerprint density at radius 3 is 1.96 bits per heavy atom. The summed E-state index contributed by atoms with van der Waals surface area (Å²) in [5.41, 5.74) is 5.54. The molecule has 1 unspecified atom stereocenters. The summed E-state index contributed by atoms with van der Waals surface area (Å²) in [6.07, 6.45) is 3.38. The van der Waals surface area contributed by atoms with Crippen molar-refractivity contribution in [2.24, 2.45) is 5.73 Å². The molecule has 2 aromatic rings. The second kappa shape index (κ2) is 8.29. The third-order valence-electron chi connectivity index (χ3n) is 2.69. The van der Waals surface area contributed by atoms with Crippen molar-refractivity contribution in [2.75, 3.05) is 0 Å². The maximum Gasteiger partial charge on any atom is 0.336 e. The molecule has 1 heterocycles. The van der Waals surface area contributed by atoms with E-state index in [9.17, 15) is 14.4 Å². The topological polar surface area (TPSA) is 167 Å². The molecule has 0 fully saturated rings. The van der Waals surface area contributed by atoms with Crippen LogP contribution in [0.3, 0.4) is 0 Å². The molecule has 0 saturated heterocycles. The Morgan fingerprint density at radius 2 is 1.61 bits per heavy atom. The molecule has 0 bridgehead atoms. The monoisotopic (exact) mass is 321 g/mol. The van der Waals surface area contributed by atoms with Crippen LogP contribution in [0.25, 0.3) is 0 Å². The lowest BCUT2D eigenvalue weighted by atomic mass is 10.1. The number of aromatic carboxylic acids is 2. The Hall–Kier alpha value is -3.20. The average molecular weight is 321 g/mol. The molecule has 1 aromatic carbocycles. The Bertz CT molecular complexity index is 651. The predicted molar refractivity (Wildman–Crippen MR) is 78.3 cm³/mol. The molecule has 0 radical (unpaired) electrons. The number of carboxylic acids is 3. The van der Waals surface area contributed by atoms with E-state index in [2.05, 4.69) is 9.97 Å². The zero-order valence-electron chi connectivity index (χ0n) is 11.8. The highest BCUT2D eigenvalue weighted by Crippen LogP contribution is 2.07. The van der Waals surface area contributed by atoms with Gasteiger partial charge in [-0.05, 0) is 12.1 Å². The standard InChI is InChI=1S/C8H6O4.C6H9N3O2/c9-7(10)5-3-1-2-4-6(5)8(11)12;7-5(6(10)11)1-4-2-8-3-9-4/h1-4H,(H,9,10)(H,11,12);2-3,5H,1,7H2,(H,8,9)(H,10,11). The highest BCUT2D eigenvalue weighted by molar-refractivity contribution is 6.01. The van der Waals surface area contributed by atoms with Gasteiger partial charge in [0, 0.05) is 12.6 Å². The smallest absolute Gasteiger partial charge is 0.336 e. The van der Waals surface area contributed by atoms with E-state index >= 15 is 0 Å². The number of carbonyl (C=O) groups is 3. The quantitative estimate of drug-likeness (QED) is 0.529. The largest absolute Gasteiger partial charge is 0.480 e. The third kappa shape index (κ3) is 5.59. The summed E-state index contributed by atoms with van der Waals surface area (Å²) < 4.78 is 0. The molecule has 0 spiro atoms. The number of aromatic amines is 1. The maximum absolute atomic E-state index is 10.5. The maximum atomic E-state index is 10.5. The number of hydrogen-bond acceptors (Lipinski definition) is 5. The minimum absolute atomic E-state index is 0.190. The number of imidazole rings is 1. The summed E-state index contributed by atoms with van der Waals surface area (Å²) in [5.74, 6) is -3.46. The SMILES string of the molecule is NC(Cc1c[nH]cn1)C(=O)O.O=C(O)c1ccccc1C(=O)O. The van der Waals surface area contributed by atoms with Crippen molar-refractivity contribution >= 4 is 17.9 Å². The first-order valence-electron chi connectivity index (χ1n) is 6.34. The van der Waals surface area contributed by atoms with Crippen molar-refractivity contribution in [1.82, 2.24) is 9.97 Å². The highest BCUT2D eigenvalue weighted by atomic mass is 16.4. The van der Waals surface area contributed by atoms with Crippen molar-refractivity contribution in [1.29, 1.82) is 0 Å². The first-order chi connectivity index (χ1) is 10.8. The van der Waals surface area contributed by atoms with Gasteiger partial charge in [0.2, 0.25) is 0 Å². The van der Waals surface area contributed by atoms with Crippen molar-refractivity contribution in [3.63, 3.8) is 0 Å². The number of aromatic nitrogens is 2. The van der Waals surface area contributed by atoms with Gasteiger partial charge >= 0.3 is 17.9 Å². The molecule has 9 heteroatoms. The summed E-state index contributed by atoms with van der Waals surface area (Å²) in [6.45, 7) is 0. The zero-order valence-corrected chi connectivity index (χ0v) is 11.8. The zero-order chi connectivity index (χ0) is 17.4. The van der Waals surface area contributed by atoms with Crippen molar-refractivity contribution in [3.8, 4) is 0 Å². The molecule has 6 N–H and O–H groups in total. The van der Waals surface area contributed by atoms with Crippen LogP contribution in [0.5, 0.6) is 0 Å². The highest BCUT2D eigenvalue weighted by Gasteiger charge is 2.13. The minimum atomic E-state index is -1.23. The molecule has 0 amide bonds. The number of nitrogens with one attached hydrogen (secondary N) is 1. The van der Waals surface area contributed by atoms with Crippen LogP contribution in [0, 0.1) is 0 Å². The lowest BCUT2D eigenvalue weighted by molar-refractivity contribution is -0.138. The van der Waals surface area contributed by atoms with Gasteiger partial charge in [-0.2, -0.15) is 0 Å². The van der Waals surface area contributed by atoms with Gasteiger partial charge in [-0.1, -0.05) is 12.1 Å². The van der Waals surface area contributed by atoms with Gasteiger partial charge in [-0.25, -0.2) is 14.6 Å². The van der Waals surface area contributed by atoms with Crippen LogP contribution in [0.2, 0.25) is 0 Å². The van der Waals surface area contributed by atoms with Gasteiger partial charge in [-0.15, -0.1) is 0 Å². The Morgan fingerprint density at radius 1 is 1.09 bits per heavy atom. The van der Waals surface area contributed by atoms with Crippen LogP contribution in [0.15, 0.2) is 36.8 Å². The van der Waals surface area contributed by atoms with Crippen molar-refractivity contribution < 1.29 is 29.7 Å². The molecular formula is C14H15N3O6. The summed E-state index contributed by atoms with van der Waals surface area (Å²) in [6, 6.07) is 4.61. The molecular weight excluding hydrogens is 306 g/mol. The van der Waals surface area contributed by atoms with Crippen LogP contribution in [0.1, 0.15) is 26.4 Å². The Balaban J connectivity index is 0.000000231. The molecule has 1 aromatic heterocycles. The second-order valence-corrected chi connectivity index (χ2v) is 4.37. The molecule has 2 rings (SSSR count). The Labute approximate surface area is 130 Å². The number of rotatable bonds is 5. The van der Waals surface area contributed by atoms with Gasteiger partial charge < -0.3 is 26.0 Å². The van der Waals surface area contributed by atoms with E-state index in [1.54, 1.807) is 6.20 Å². The van der Waals surface area contributed by atoms with Crippen LogP contribution >= 0.6 is 0 Å². The van der Waals surface area contributed by atoms with Gasteiger partial charge in [0.05, 0.1) is 23.1 Å². The summed E-state index contributed by atoms with van der Waals surface area (Å²) >= 11 is 0. The van der Waals surface area contributed by atoms with Gasteiger partial charge in [-0.3, -0.25) is 4.79 Å². The van der Waals surface area contributed by atoms with Gasteiger partial charge in [0.15, 0.2) is 0 Å². The molecule has 0 aliphatic rings. The lowest BCUT2D eigenvalue weighted by Crippen LogP contribution is -2.32. The molecule has 0 aliphatic heterocycles. The number of nitrogens with zero attached hydrogens (tertiary/aromatic N) is 1. The van der Waals surface area contributed by atoms with Gasteiger partial charge in [0.1, 0.15) is 6.04 Å². The number of nitrogens with two attached hydrogens (primary N) is 1. The number of aliphatic carboxylic acids is 1.